The van der Waals surface area contributed by atoms with E-state index in [-0.39, 0.29) is 54.2 Å². The summed E-state index contributed by atoms with van der Waals surface area (Å²) >= 11 is 0. The standard InChI is InChI=1S/C38H45N2O15S/c1-22-25-12-13-26-37(27(20-41)36(3,4)17-16-28(37)53-23(2)42)21-52-35(46)38(26,31(22)45)32(25)54-30(44)15-14-29(43)50-18-8-9-19-51-33-34(40(47)55-39-33)56(48,49)24-10-6-5-7-11-24/h5-7,10-11,20,25-28,32,39H,1,8-9,12-19,21H2,2-4H3/q+1/t25-,26-,27+,28-,32+,37-,38-/m0/s1. The van der Waals surface area contributed by atoms with E-state index in [1.54, 1.807) is 6.07 Å². The second-order valence-electron chi connectivity index (χ2n) is 15.5. The van der Waals surface area contributed by atoms with Crippen molar-refractivity contribution in [3.8, 4) is 5.88 Å². The van der Waals surface area contributed by atoms with Crippen LogP contribution in [0.15, 0.2) is 57.0 Å². The Morgan fingerprint density at radius 3 is 2.41 bits per heavy atom. The van der Waals surface area contributed by atoms with Crippen LogP contribution in [0.25, 0.3) is 0 Å². The highest BCUT2D eigenvalue weighted by Gasteiger charge is 2.79. The van der Waals surface area contributed by atoms with Crippen molar-refractivity contribution in [1.29, 1.82) is 0 Å². The molecule has 2 spiro atoms. The number of benzene rings is 1. The quantitative estimate of drug-likeness (QED) is 0.0722. The largest absolute Gasteiger partial charge is 0.466 e. The Morgan fingerprint density at radius 2 is 1.71 bits per heavy atom. The van der Waals surface area contributed by atoms with Gasteiger partial charge < -0.3 is 28.5 Å². The highest BCUT2D eigenvalue weighted by atomic mass is 32.2. The van der Waals surface area contributed by atoms with Crippen LogP contribution < -0.4 is 9.34 Å². The molecule has 302 valence electrons. The minimum Gasteiger partial charge on any atom is -0.466 e. The molecule has 1 aromatic carbocycles. The van der Waals surface area contributed by atoms with Crippen LogP contribution >= 0.6 is 0 Å². The molecule has 3 saturated carbocycles. The number of hydrogen-bond donors (Lipinski definition) is 1. The van der Waals surface area contributed by atoms with Crippen molar-refractivity contribution in [2.45, 2.75) is 94.3 Å². The molecular weight excluding hydrogens is 756 g/mol. The number of sulfone groups is 1. The third kappa shape index (κ3) is 6.74. The van der Waals surface area contributed by atoms with Crippen molar-refractivity contribution in [2.75, 3.05) is 19.8 Å². The predicted molar refractivity (Wildman–Crippen MR) is 187 cm³/mol. The van der Waals surface area contributed by atoms with Crippen molar-refractivity contribution in [2.24, 2.45) is 34.0 Å². The van der Waals surface area contributed by atoms with Gasteiger partial charge in [0.15, 0.2) is 11.2 Å². The smallest absolute Gasteiger partial charge is 0.404 e. The van der Waals surface area contributed by atoms with Gasteiger partial charge in [-0.25, -0.2) is 8.42 Å². The molecule has 4 fully saturated rings. The fourth-order valence-corrected chi connectivity index (χ4v) is 10.7. The van der Waals surface area contributed by atoms with Crippen LogP contribution in [0.3, 0.4) is 0 Å². The molecule has 1 saturated heterocycles. The molecule has 0 amide bonds. The third-order valence-corrected chi connectivity index (χ3v) is 13.7. The van der Waals surface area contributed by atoms with Crippen LogP contribution in [-0.2, 0) is 57.6 Å². The average molecular weight is 802 g/mol. The number of hydrogen-bond acceptors (Lipinski definition) is 15. The van der Waals surface area contributed by atoms with E-state index in [2.05, 4.69) is 16.4 Å². The van der Waals surface area contributed by atoms with Crippen LogP contribution in [0.4, 0.5) is 0 Å². The van der Waals surface area contributed by atoms with E-state index >= 15 is 0 Å². The lowest BCUT2D eigenvalue weighted by Crippen LogP contribution is -2.71. The van der Waals surface area contributed by atoms with E-state index in [9.17, 15) is 42.1 Å². The third-order valence-electron chi connectivity index (χ3n) is 11.9. The second kappa shape index (κ2) is 15.4. The Balaban J connectivity index is 1.06. The molecule has 56 heavy (non-hydrogen) atoms. The van der Waals surface area contributed by atoms with E-state index in [0.29, 0.717) is 25.7 Å². The number of aromatic amines is 1. The molecule has 1 N–H and O–H groups in total. The highest BCUT2D eigenvalue weighted by molar-refractivity contribution is 7.91. The Morgan fingerprint density at radius 1 is 1.02 bits per heavy atom. The van der Waals surface area contributed by atoms with Crippen LogP contribution in [0.2, 0.25) is 0 Å². The number of rotatable bonds is 14. The zero-order valence-electron chi connectivity index (χ0n) is 31.3. The molecule has 2 aromatic rings. The van der Waals surface area contributed by atoms with Crippen molar-refractivity contribution < 1.29 is 70.1 Å². The molecule has 1 aliphatic heterocycles. The first-order valence-electron chi connectivity index (χ1n) is 18.5. The fraction of sp³-hybridized carbons (Fsp3) is 0.579. The summed E-state index contributed by atoms with van der Waals surface area (Å²) < 4.78 is 58.4. The summed E-state index contributed by atoms with van der Waals surface area (Å²) in [6, 6.07) is 7.26. The zero-order valence-corrected chi connectivity index (χ0v) is 32.1. The molecule has 4 aliphatic rings. The van der Waals surface area contributed by atoms with E-state index in [1.165, 1.54) is 31.2 Å². The van der Waals surface area contributed by atoms with Crippen LogP contribution in [0.1, 0.15) is 72.1 Å². The maximum absolute atomic E-state index is 14.2. The Hall–Kier alpha value is -5.13. The second-order valence-corrected chi connectivity index (χ2v) is 17.3. The number of nitrogens with one attached hydrogen (secondary N) is 1. The molecule has 2 bridgehead atoms. The summed E-state index contributed by atoms with van der Waals surface area (Å²) in [6.07, 6.45) is -0.121. The number of nitrogens with zero attached hydrogens (tertiary/aromatic N) is 1. The van der Waals surface area contributed by atoms with E-state index in [0.717, 1.165) is 6.29 Å². The normalized spacial score (nSPS) is 29.2. The van der Waals surface area contributed by atoms with Crippen LogP contribution in [-0.4, -0.2) is 81.5 Å². The lowest BCUT2D eigenvalue weighted by Gasteiger charge is -2.62. The summed E-state index contributed by atoms with van der Waals surface area (Å²) in [7, 11) is -4.26. The number of Topliss-reactive ketones (excluding diaryl/α,β-unsaturated/α-hetero) is 1. The van der Waals surface area contributed by atoms with Gasteiger partial charge in [-0.15, -0.1) is 0 Å². The van der Waals surface area contributed by atoms with E-state index in [4.69, 9.17) is 23.7 Å². The van der Waals surface area contributed by atoms with Gasteiger partial charge in [-0.3, -0.25) is 24.0 Å². The maximum Gasteiger partial charge on any atom is 0.404 e. The first-order chi connectivity index (χ1) is 26.5. The van der Waals surface area contributed by atoms with Gasteiger partial charge in [0.25, 0.3) is 9.84 Å². The number of cyclic esters (lactones) is 1. The number of carbonyl (C=O) groups excluding carboxylic acids is 6. The number of esters is 4. The Kier molecular flexibility index (Phi) is 11.2. The average Bonchev–Trinajstić information content (AvgIpc) is 3.59. The van der Waals surface area contributed by atoms with E-state index < -0.39 is 103 Å². The first-order valence-corrected chi connectivity index (χ1v) is 20.0. The van der Waals surface area contributed by atoms with Gasteiger partial charge in [0.05, 0.1) is 36.4 Å². The van der Waals surface area contributed by atoms with Crippen molar-refractivity contribution in [3.63, 3.8) is 0 Å². The SMILES string of the molecule is C=C1C(=O)[C@@]23C(=O)OC[C@]4([C@@H](OC(C)=O)CCC(C)(C)[C@H]4C=O)[C@@H]2CC[C@@H]1[C@H]3OC(=O)CCC(=O)OCCCCOc1[nH]o[n+](=O)c1S(=O)(=O)c1ccccc1. The molecule has 2 heterocycles. The summed E-state index contributed by atoms with van der Waals surface area (Å²) in [5.74, 6) is -6.43. The van der Waals surface area contributed by atoms with E-state index in [1.807, 2.05) is 13.8 Å². The molecule has 17 nitrogen and oxygen atoms in total. The molecule has 0 unspecified atom stereocenters. The number of fused-ring (bicyclic) bond motifs is 2. The monoisotopic (exact) mass is 801 g/mol. The minimum absolute atomic E-state index is 0.0665. The number of carbonyl (C=O) groups is 6. The zero-order chi connectivity index (χ0) is 40.6. The minimum atomic E-state index is -4.26. The predicted octanol–water partition coefficient (Wildman–Crippen LogP) is 3.01. The summed E-state index contributed by atoms with van der Waals surface area (Å²) in [5, 5.41) is 1.39. The summed E-state index contributed by atoms with van der Waals surface area (Å²) in [4.78, 5) is 91.2. The number of H-pyrrole nitrogens is 1. The highest BCUT2D eigenvalue weighted by Crippen LogP contribution is 2.68. The number of unbranched alkanes of at least 4 members (excludes halogenated alkanes) is 1. The fourth-order valence-electron chi connectivity index (χ4n) is 9.42. The van der Waals surface area contributed by atoms with Gasteiger partial charge in [0.1, 0.15) is 25.1 Å². The first kappa shape index (κ1) is 40.5. The Labute approximate surface area is 321 Å². The number of aldehydes is 1. The van der Waals surface area contributed by atoms with Crippen molar-refractivity contribution in [1.82, 2.24) is 5.16 Å². The Bertz CT molecular complexity index is 2090. The summed E-state index contributed by atoms with van der Waals surface area (Å²) in [6.45, 7) is 8.64. The molecule has 18 heteroatoms. The van der Waals surface area contributed by atoms with Gasteiger partial charge in [0.2, 0.25) is 4.60 Å². The molecule has 7 atom stereocenters. The van der Waals surface area contributed by atoms with Crippen molar-refractivity contribution >= 4 is 45.8 Å². The molecule has 0 radical (unpaired) electrons. The molecule has 3 aliphatic carbocycles. The van der Waals surface area contributed by atoms with Gasteiger partial charge in [0, 0.05) is 18.8 Å². The van der Waals surface area contributed by atoms with Gasteiger partial charge >= 0.3 is 34.8 Å². The van der Waals surface area contributed by atoms with Crippen LogP contribution in [0, 0.1) is 38.9 Å². The lowest BCUT2D eigenvalue weighted by atomic mass is 9.43. The topological polar surface area (TPSA) is 235 Å². The van der Waals surface area contributed by atoms with Gasteiger partial charge in [-0.1, -0.05) is 43.3 Å². The number of ketones is 1. The van der Waals surface area contributed by atoms with Gasteiger partial charge in [-0.2, -0.15) is 0 Å². The molecule has 1 aromatic heterocycles. The lowest BCUT2D eigenvalue weighted by molar-refractivity contribution is -0.744. The van der Waals surface area contributed by atoms with Crippen molar-refractivity contribution in [3.05, 3.63) is 47.4 Å². The molecular formula is C38H45N2O15S+. The number of ether oxygens (including phenoxy) is 5. The molecule has 6 rings (SSSR count). The van der Waals surface area contributed by atoms with Gasteiger partial charge in [-0.05, 0) is 77.6 Å². The van der Waals surface area contributed by atoms with Crippen LogP contribution in [0.5, 0.6) is 5.88 Å². The number of aromatic nitrogens is 2. The summed E-state index contributed by atoms with van der Waals surface area (Å²) in [5.41, 5.74) is -3.79. The maximum atomic E-state index is 14.2.